The minimum absolute atomic E-state index is 0.686. The Balaban J connectivity index is 1.57. The maximum atomic E-state index is 6.09. The molecule has 2 aliphatic rings. The fourth-order valence-corrected chi connectivity index (χ4v) is 3.19. The van der Waals surface area contributed by atoms with Gasteiger partial charge in [0.2, 0.25) is 0 Å². The zero-order valence-electron chi connectivity index (χ0n) is 11.8. The molecule has 0 saturated carbocycles. The molecule has 20 heavy (non-hydrogen) atoms. The van der Waals surface area contributed by atoms with Crippen molar-refractivity contribution in [1.82, 2.24) is 9.80 Å². The Kier molecular flexibility index (Phi) is 4.46. The van der Waals surface area contributed by atoms with E-state index in [1.165, 1.54) is 11.1 Å². The molecule has 0 radical (unpaired) electrons. The van der Waals surface area contributed by atoms with Gasteiger partial charge < -0.3 is 10.5 Å². The largest absolute Gasteiger partial charge is 0.397 e. The van der Waals surface area contributed by atoms with Gasteiger partial charge in [0.05, 0.1) is 23.9 Å². The summed E-state index contributed by atoms with van der Waals surface area (Å²) in [4.78, 5) is 4.99. The molecule has 2 heterocycles. The fourth-order valence-electron chi connectivity index (χ4n) is 3.01. The van der Waals surface area contributed by atoms with Crippen LogP contribution in [0, 0.1) is 0 Å². The zero-order chi connectivity index (χ0) is 13.9. The van der Waals surface area contributed by atoms with Crippen LogP contribution in [-0.2, 0) is 17.7 Å². The number of nitrogens with two attached hydrogens (primary N) is 1. The number of fused-ring (bicyclic) bond motifs is 1. The molecule has 0 amide bonds. The van der Waals surface area contributed by atoms with E-state index in [0.717, 1.165) is 64.6 Å². The lowest BCUT2D eigenvalue weighted by Gasteiger charge is -2.33. The molecule has 0 bridgehead atoms. The summed E-state index contributed by atoms with van der Waals surface area (Å²) in [5.74, 6) is 0. The van der Waals surface area contributed by atoms with Crippen molar-refractivity contribution in [3.8, 4) is 0 Å². The molecule has 1 aromatic carbocycles. The summed E-state index contributed by atoms with van der Waals surface area (Å²) in [6, 6.07) is 4.04. The van der Waals surface area contributed by atoms with Crippen molar-refractivity contribution in [2.45, 2.75) is 13.0 Å². The molecule has 5 heteroatoms. The predicted molar refractivity (Wildman–Crippen MR) is 82.1 cm³/mol. The number of ether oxygens (including phenoxy) is 1. The highest BCUT2D eigenvalue weighted by atomic mass is 35.5. The van der Waals surface area contributed by atoms with Gasteiger partial charge in [-0.1, -0.05) is 17.7 Å². The lowest BCUT2D eigenvalue weighted by atomic mass is 9.98. The fraction of sp³-hybridized carbons (Fsp3) is 0.600. The molecule has 2 N–H and O–H groups in total. The standard InChI is InChI=1S/C15H22ClN3O/c16-14-2-1-12-11-19(4-3-13(12)15(14)17)6-5-18-7-9-20-10-8-18/h1-2H,3-11,17H2. The van der Waals surface area contributed by atoms with E-state index in [4.69, 9.17) is 22.1 Å². The summed E-state index contributed by atoms with van der Waals surface area (Å²) >= 11 is 6.09. The van der Waals surface area contributed by atoms with Gasteiger partial charge in [0.25, 0.3) is 0 Å². The Morgan fingerprint density at radius 3 is 2.65 bits per heavy atom. The first-order chi connectivity index (χ1) is 9.74. The van der Waals surface area contributed by atoms with Gasteiger partial charge in [-0.2, -0.15) is 0 Å². The van der Waals surface area contributed by atoms with Crippen LogP contribution in [-0.4, -0.2) is 55.7 Å². The first kappa shape index (κ1) is 14.1. The van der Waals surface area contributed by atoms with Crippen molar-refractivity contribution in [3.05, 3.63) is 28.3 Å². The van der Waals surface area contributed by atoms with E-state index in [1.54, 1.807) is 0 Å². The summed E-state index contributed by atoms with van der Waals surface area (Å²) in [7, 11) is 0. The van der Waals surface area contributed by atoms with Crippen LogP contribution in [0.4, 0.5) is 5.69 Å². The number of hydrogen-bond acceptors (Lipinski definition) is 4. The van der Waals surface area contributed by atoms with Crippen molar-refractivity contribution in [1.29, 1.82) is 0 Å². The Bertz CT molecular complexity index is 474. The maximum absolute atomic E-state index is 6.09. The summed E-state index contributed by atoms with van der Waals surface area (Å²) in [5.41, 5.74) is 9.43. The molecule has 4 nitrogen and oxygen atoms in total. The highest BCUT2D eigenvalue weighted by molar-refractivity contribution is 6.33. The molecule has 2 aliphatic heterocycles. The minimum Gasteiger partial charge on any atom is -0.397 e. The Labute approximate surface area is 125 Å². The van der Waals surface area contributed by atoms with Crippen molar-refractivity contribution in [2.75, 3.05) is 51.7 Å². The van der Waals surface area contributed by atoms with Gasteiger partial charge in [-0.05, 0) is 23.6 Å². The van der Waals surface area contributed by atoms with E-state index < -0.39 is 0 Å². The van der Waals surface area contributed by atoms with Gasteiger partial charge in [0.1, 0.15) is 0 Å². The van der Waals surface area contributed by atoms with Gasteiger partial charge in [-0.15, -0.1) is 0 Å². The second-order valence-electron chi connectivity index (χ2n) is 5.58. The minimum atomic E-state index is 0.686. The number of anilines is 1. The van der Waals surface area contributed by atoms with Crippen molar-refractivity contribution >= 4 is 17.3 Å². The second-order valence-corrected chi connectivity index (χ2v) is 5.99. The van der Waals surface area contributed by atoms with Gasteiger partial charge in [-0.3, -0.25) is 9.80 Å². The van der Waals surface area contributed by atoms with Crippen LogP contribution in [0.15, 0.2) is 12.1 Å². The van der Waals surface area contributed by atoms with E-state index in [0.29, 0.717) is 5.02 Å². The topological polar surface area (TPSA) is 41.7 Å². The third kappa shape index (κ3) is 3.09. The highest BCUT2D eigenvalue weighted by Crippen LogP contribution is 2.30. The molecule has 3 rings (SSSR count). The molecule has 1 aromatic rings. The summed E-state index contributed by atoms with van der Waals surface area (Å²) in [5, 5.41) is 0.686. The first-order valence-corrected chi connectivity index (χ1v) is 7.70. The van der Waals surface area contributed by atoms with Crippen molar-refractivity contribution < 1.29 is 4.74 Å². The van der Waals surface area contributed by atoms with E-state index in [-0.39, 0.29) is 0 Å². The normalized spacial score (nSPS) is 20.9. The zero-order valence-corrected chi connectivity index (χ0v) is 12.5. The Morgan fingerprint density at radius 2 is 1.85 bits per heavy atom. The summed E-state index contributed by atoms with van der Waals surface area (Å²) in [6.45, 7) is 8.17. The maximum Gasteiger partial charge on any atom is 0.0638 e. The SMILES string of the molecule is Nc1c(Cl)ccc2c1CCN(CCN1CCOCC1)C2. The van der Waals surface area contributed by atoms with E-state index in [2.05, 4.69) is 15.9 Å². The van der Waals surface area contributed by atoms with Crippen LogP contribution < -0.4 is 5.73 Å². The van der Waals surface area contributed by atoms with E-state index >= 15 is 0 Å². The van der Waals surface area contributed by atoms with Crippen LogP contribution in [0.25, 0.3) is 0 Å². The molecular weight excluding hydrogens is 274 g/mol. The third-order valence-corrected chi connectivity index (χ3v) is 4.64. The summed E-state index contributed by atoms with van der Waals surface area (Å²) in [6.07, 6.45) is 1.00. The number of nitrogen functional groups attached to an aromatic ring is 1. The molecule has 0 atom stereocenters. The molecule has 0 aromatic heterocycles. The van der Waals surface area contributed by atoms with Crippen LogP contribution in [0.3, 0.4) is 0 Å². The van der Waals surface area contributed by atoms with Gasteiger partial charge >= 0.3 is 0 Å². The molecular formula is C15H22ClN3O. The average molecular weight is 296 g/mol. The quantitative estimate of drug-likeness (QED) is 0.861. The highest BCUT2D eigenvalue weighted by Gasteiger charge is 2.20. The van der Waals surface area contributed by atoms with Gasteiger partial charge in [0, 0.05) is 39.3 Å². The number of rotatable bonds is 3. The van der Waals surface area contributed by atoms with Crippen molar-refractivity contribution in [2.24, 2.45) is 0 Å². The smallest absolute Gasteiger partial charge is 0.0638 e. The van der Waals surface area contributed by atoms with Crippen LogP contribution in [0.5, 0.6) is 0 Å². The molecule has 1 fully saturated rings. The van der Waals surface area contributed by atoms with Crippen LogP contribution in [0.2, 0.25) is 5.02 Å². The number of morpholine rings is 1. The van der Waals surface area contributed by atoms with Crippen LogP contribution >= 0.6 is 11.6 Å². The predicted octanol–water partition coefficient (Wildman–Crippen LogP) is 1.61. The summed E-state index contributed by atoms with van der Waals surface area (Å²) < 4.78 is 5.38. The Hall–Kier alpha value is -0.810. The molecule has 110 valence electrons. The van der Waals surface area contributed by atoms with Gasteiger partial charge in [-0.25, -0.2) is 0 Å². The second kappa shape index (κ2) is 6.31. The third-order valence-electron chi connectivity index (χ3n) is 4.31. The molecule has 1 saturated heterocycles. The van der Waals surface area contributed by atoms with E-state index in [1.807, 2.05) is 6.07 Å². The van der Waals surface area contributed by atoms with Crippen LogP contribution in [0.1, 0.15) is 11.1 Å². The lowest BCUT2D eigenvalue weighted by Crippen LogP contribution is -2.42. The molecule has 0 spiro atoms. The number of nitrogens with zero attached hydrogens (tertiary/aromatic N) is 2. The first-order valence-electron chi connectivity index (χ1n) is 7.32. The molecule has 0 aliphatic carbocycles. The Morgan fingerprint density at radius 1 is 1.10 bits per heavy atom. The number of benzene rings is 1. The number of halogens is 1. The average Bonchev–Trinajstić information content (AvgIpc) is 2.50. The molecule has 0 unspecified atom stereocenters. The van der Waals surface area contributed by atoms with Crippen molar-refractivity contribution in [3.63, 3.8) is 0 Å². The van der Waals surface area contributed by atoms with Gasteiger partial charge in [0.15, 0.2) is 0 Å². The monoisotopic (exact) mass is 295 g/mol. The van der Waals surface area contributed by atoms with E-state index in [9.17, 15) is 0 Å². The lowest BCUT2D eigenvalue weighted by molar-refractivity contribution is 0.0327. The number of hydrogen-bond donors (Lipinski definition) is 1.